The molecular formula is C25H22N4O2S. The van der Waals surface area contributed by atoms with Crippen LogP contribution in [-0.2, 0) is 11.2 Å². The SMILES string of the molecule is O=C(CCc1nc(-c2cccs2)no1)NCC(c1ccccc1)c1c[nH]c2ccccc12. The van der Waals surface area contributed by atoms with Crippen molar-refractivity contribution >= 4 is 28.1 Å². The molecule has 0 saturated heterocycles. The number of rotatable bonds is 8. The van der Waals surface area contributed by atoms with E-state index in [4.69, 9.17) is 4.52 Å². The summed E-state index contributed by atoms with van der Waals surface area (Å²) in [6.07, 6.45) is 2.74. The van der Waals surface area contributed by atoms with Gasteiger partial charge in [-0.3, -0.25) is 4.79 Å². The van der Waals surface area contributed by atoms with E-state index in [9.17, 15) is 4.79 Å². The van der Waals surface area contributed by atoms with Crippen LogP contribution >= 0.6 is 11.3 Å². The summed E-state index contributed by atoms with van der Waals surface area (Å²) in [5, 5.41) is 10.2. The molecule has 3 heterocycles. The number of thiophene rings is 1. The first-order chi connectivity index (χ1) is 15.8. The Labute approximate surface area is 189 Å². The van der Waals surface area contributed by atoms with E-state index in [1.165, 1.54) is 10.9 Å². The smallest absolute Gasteiger partial charge is 0.227 e. The number of nitrogens with one attached hydrogen (secondary N) is 2. The Balaban J connectivity index is 1.26. The Morgan fingerprint density at radius 1 is 1.06 bits per heavy atom. The zero-order chi connectivity index (χ0) is 21.8. The molecule has 0 aliphatic heterocycles. The van der Waals surface area contributed by atoms with Crippen LogP contribution in [0.25, 0.3) is 21.6 Å². The van der Waals surface area contributed by atoms with Gasteiger partial charge in [-0.2, -0.15) is 4.98 Å². The first-order valence-corrected chi connectivity index (χ1v) is 11.4. The first-order valence-electron chi connectivity index (χ1n) is 10.5. The topological polar surface area (TPSA) is 83.8 Å². The number of aromatic nitrogens is 3. The van der Waals surface area contributed by atoms with Gasteiger partial charge in [0.1, 0.15) is 0 Å². The molecule has 32 heavy (non-hydrogen) atoms. The minimum atomic E-state index is -0.0401. The zero-order valence-corrected chi connectivity index (χ0v) is 18.1. The van der Waals surface area contributed by atoms with E-state index in [0.717, 1.165) is 16.0 Å². The van der Waals surface area contributed by atoms with Gasteiger partial charge in [0, 0.05) is 42.4 Å². The third-order valence-electron chi connectivity index (χ3n) is 5.48. The van der Waals surface area contributed by atoms with E-state index in [1.807, 2.05) is 54.0 Å². The second-order valence-electron chi connectivity index (χ2n) is 7.55. The number of benzene rings is 2. The molecule has 6 nitrogen and oxygen atoms in total. The Kier molecular flexibility index (Phi) is 5.81. The van der Waals surface area contributed by atoms with Crippen LogP contribution in [0.5, 0.6) is 0 Å². The molecule has 2 aromatic carbocycles. The lowest BCUT2D eigenvalue weighted by atomic mass is 9.91. The molecule has 0 radical (unpaired) electrons. The molecular weight excluding hydrogens is 420 g/mol. The van der Waals surface area contributed by atoms with Gasteiger partial charge in [0.05, 0.1) is 4.88 Å². The van der Waals surface area contributed by atoms with Crippen molar-refractivity contribution < 1.29 is 9.32 Å². The maximum Gasteiger partial charge on any atom is 0.227 e. The summed E-state index contributed by atoms with van der Waals surface area (Å²) in [6.45, 7) is 0.509. The molecule has 5 aromatic rings. The van der Waals surface area contributed by atoms with Crippen LogP contribution in [0.15, 0.2) is 82.8 Å². The van der Waals surface area contributed by atoms with Gasteiger partial charge in [-0.1, -0.05) is 59.8 Å². The van der Waals surface area contributed by atoms with Crippen LogP contribution < -0.4 is 5.32 Å². The molecule has 1 atom stereocenters. The average molecular weight is 443 g/mol. The fraction of sp³-hybridized carbons (Fsp3) is 0.160. The summed E-state index contributed by atoms with van der Waals surface area (Å²) in [6, 6.07) is 22.4. The molecule has 5 rings (SSSR count). The number of carbonyl (C=O) groups is 1. The number of hydrogen-bond acceptors (Lipinski definition) is 5. The van der Waals surface area contributed by atoms with Crippen LogP contribution in [0.2, 0.25) is 0 Å². The van der Waals surface area contributed by atoms with Crippen molar-refractivity contribution in [2.24, 2.45) is 0 Å². The maximum atomic E-state index is 12.6. The quantitative estimate of drug-likeness (QED) is 0.348. The van der Waals surface area contributed by atoms with Crippen molar-refractivity contribution in [3.05, 3.63) is 95.3 Å². The second-order valence-corrected chi connectivity index (χ2v) is 8.49. The third kappa shape index (κ3) is 4.33. The number of aromatic amines is 1. The fourth-order valence-electron chi connectivity index (χ4n) is 3.86. The first kappa shape index (κ1) is 20.2. The summed E-state index contributed by atoms with van der Waals surface area (Å²) in [7, 11) is 0. The molecule has 7 heteroatoms. The van der Waals surface area contributed by atoms with Crippen LogP contribution in [0.3, 0.4) is 0 Å². The Hall–Kier alpha value is -3.71. The molecule has 1 amide bonds. The van der Waals surface area contributed by atoms with Gasteiger partial charge in [-0.05, 0) is 28.6 Å². The lowest BCUT2D eigenvalue weighted by Gasteiger charge is -2.18. The van der Waals surface area contributed by atoms with Gasteiger partial charge in [0.15, 0.2) is 0 Å². The number of fused-ring (bicyclic) bond motifs is 1. The summed E-state index contributed by atoms with van der Waals surface area (Å²) in [5.74, 6) is 1.05. The van der Waals surface area contributed by atoms with E-state index in [0.29, 0.717) is 31.1 Å². The van der Waals surface area contributed by atoms with Gasteiger partial charge in [-0.15, -0.1) is 11.3 Å². The number of aryl methyl sites for hydroxylation is 1. The van der Waals surface area contributed by atoms with Gasteiger partial charge >= 0.3 is 0 Å². The minimum Gasteiger partial charge on any atom is -0.361 e. The molecule has 2 N–H and O–H groups in total. The van der Waals surface area contributed by atoms with Gasteiger partial charge in [0.25, 0.3) is 0 Å². The van der Waals surface area contributed by atoms with Crippen LogP contribution in [0.1, 0.15) is 29.4 Å². The van der Waals surface area contributed by atoms with E-state index in [1.54, 1.807) is 11.3 Å². The molecule has 3 aromatic heterocycles. The lowest BCUT2D eigenvalue weighted by Crippen LogP contribution is -2.29. The highest BCUT2D eigenvalue weighted by molar-refractivity contribution is 7.13. The number of carbonyl (C=O) groups excluding carboxylic acids is 1. The molecule has 0 aliphatic rings. The van der Waals surface area contributed by atoms with Crippen LogP contribution in [0, 0.1) is 0 Å². The predicted octanol–water partition coefficient (Wildman–Crippen LogP) is 5.16. The van der Waals surface area contributed by atoms with Gasteiger partial charge in [0.2, 0.25) is 17.6 Å². The highest BCUT2D eigenvalue weighted by Crippen LogP contribution is 2.30. The van der Waals surface area contributed by atoms with E-state index < -0.39 is 0 Å². The predicted molar refractivity (Wildman–Crippen MR) is 126 cm³/mol. The Bertz CT molecular complexity index is 1310. The van der Waals surface area contributed by atoms with E-state index in [-0.39, 0.29) is 11.8 Å². The third-order valence-corrected chi connectivity index (χ3v) is 6.34. The molecule has 160 valence electrons. The lowest BCUT2D eigenvalue weighted by molar-refractivity contribution is -0.121. The zero-order valence-electron chi connectivity index (χ0n) is 17.3. The monoisotopic (exact) mass is 442 g/mol. The van der Waals surface area contributed by atoms with Crippen molar-refractivity contribution in [2.45, 2.75) is 18.8 Å². The molecule has 0 spiro atoms. The number of amides is 1. The average Bonchev–Trinajstić information content (AvgIpc) is 3.59. The number of H-pyrrole nitrogens is 1. The van der Waals surface area contributed by atoms with Crippen molar-refractivity contribution in [3.63, 3.8) is 0 Å². The summed E-state index contributed by atoms with van der Waals surface area (Å²) in [5.41, 5.74) is 3.42. The maximum absolute atomic E-state index is 12.6. The summed E-state index contributed by atoms with van der Waals surface area (Å²) < 4.78 is 5.30. The molecule has 0 saturated carbocycles. The van der Waals surface area contributed by atoms with Crippen molar-refractivity contribution in [3.8, 4) is 10.7 Å². The highest BCUT2D eigenvalue weighted by atomic mass is 32.1. The molecule has 0 aliphatic carbocycles. The summed E-state index contributed by atoms with van der Waals surface area (Å²) >= 11 is 1.56. The van der Waals surface area contributed by atoms with Crippen LogP contribution in [-0.4, -0.2) is 27.6 Å². The molecule has 0 bridgehead atoms. The van der Waals surface area contributed by atoms with Crippen LogP contribution in [0.4, 0.5) is 0 Å². The Morgan fingerprint density at radius 3 is 2.75 bits per heavy atom. The highest BCUT2D eigenvalue weighted by Gasteiger charge is 2.19. The van der Waals surface area contributed by atoms with Gasteiger partial charge in [-0.25, -0.2) is 0 Å². The summed E-state index contributed by atoms with van der Waals surface area (Å²) in [4.78, 5) is 21.3. The van der Waals surface area contributed by atoms with Crippen molar-refractivity contribution in [1.82, 2.24) is 20.4 Å². The van der Waals surface area contributed by atoms with Crippen molar-refractivity contribution in [1.29, 1.82) is 0 Å². The minimum absolute atomic E-state index is 0.0401. The normalized spacial score (nSPS) is 12.1. The number of nitrogens with zero attached hydrogens (tertiary/aromatic N) is 2. The largest absolute Gasteiger partial charge is 0.361 e. The fourth-order valence-corrected chi connectivity index (χ4v) is 4.51. The number of hydrogen-bond donors (Lipinski definition) is 2. The molecule has 0 fully saturated rings. The molecule has 1 unspecified atom stereocenters. The Morgan fingerprint density at radius 2 is 1.91 bits per heavy atom. The van der Waals surface area contributed by atoms with E-state index >= 15 is 0 Å². The van der Waals surface area contributed by atoms with Gasteiger partial charge < -0.3 is 14.8 Å². The number of para-hydroxylation sites is 1. The second kappa shape index (κ2) is 9.20. The van der Waals surface area contributed by atoms with E-state index in [2.05, 4.69) is 44.7 Å². The van der Waals surface area contributed by atoms with Crippen molar-refractivity contribution in [2.75, 3.05) is 6.54 Å². The standard InChI is InChI=1S/C25H22N4O2S/c30-23(12-13-24-28-25(29-31-24)22-11-6-14-32-22)27-15-19(17-7-2-1-3-8-17)20-16-26-21-10-5-4-9-18(20)21/h1-11,14,16,19,26H,12-13,15H2,(H,27,30).